The van der Waals surface area contributed by atoms with E-state index >= 15 is 0 Å². The van der Waals surface area contributed by atoms with E-state index in [0.29, 0.717) is 24.5 Å². The van der Waals surface area contributed by atoms with Gasteiger partial charge >= 0.3 is 5.97 Å². The molecule has 1 atom stereocenters. The molecule has 0 N–H and O–H groups in total. The van der Waals surface area contributed by atoms with Crippen molar-refractivity contribution in [3.63, 3.8) is 0 Å². The van der Waals surface area contributed by atoms with Gasteiger partial charge in [0.25, 0.3) is 0 Å². The lowest BCUT2D eigenvalue weighted by atomic mass is 9.90. The molecular formula is C22H28FNO2S. The van der Waals surface area contributed by atoms with Crippen LogP contribution >= 0.6 is 11.8 Å². The fourth-order valence-corrected chi connectivity index (χ4v) is 4.34. The molecule has 0 fully saturated rings. The molecule has 1 unspecified atom stereocenters. The molecule has 2 aromatic carbocycles. The molecule has 27 heavy (non-hydrogen) atoms. The van der Waals surface area contributed by atoms with Crippen LogP contribution in [0.4, 0.5) is 4.39 Å². The first-order valence-electron chi connectivity index (χ1n) is 9.43. The minimum absolute atomic E-state index is 0.314. The number of benzene rings is 2. The fraction of sp³-hybridized carbons (Fsp3) is 0.409. The molecule has 0 aromatic heterocycles. The number of hydrogen-bond acceptors (Lipinski definition) is 4. The van der Waals surface area contributed by atoms with Crippen molar-refractivity contribution in [2.75, 3.05) is 32.0 Å². The van der Waals surface area contributed by atoms with Crippen LogP contribution in [-0.4, -0.2) is 42.9 Å². The van der Waals surface area contributed by atoms with E-state index in [1.54, 1.807) is 12.1 Å². The number of halogens is 1. The molecule has 0 aliphatic heterocycles. The highest BCUT2D eigenvalue weighted by atomic mass is 32.2. The molecule has 0 radical (unpaired) electrons. The Morgan fingerprint density at radius 1 is 1.04 bits per heavy atom. The topological polar surface area (TPSA) is 29.5 Å². The molecule has 0 aliphatic rings. The summed E-state index contributed by atoms with van der Waals surface area (Å²) < 4.78 is 18.6. The Morgan fingerprint density at radius 2 is 1.70 bits per heavy atom. The fourth-order valence-electron chi connectivity index (χ4n) is 3.13. The summed E-state index contributed by atoms with van der Waals surface area (Å²) in [5, 5.41) is 0. The molecule has 3 nitrogen and oxygen atoms in total. The summed E-state index contributed by atoms with van der Waals surface area (Å²) in [6.07, 6.45) is 0. The summed E-state index contributed by atoms with van der Waals surface area (Å²) in [5.41, 5.74) is 1.41. The predicted octanol–water partition coefficient (Wildman–Crippen LogP) is 4.71. The molecule has 0 amide bonds. The first-order chi connectivity index (χ1) is 13.1. The summed E-state index contributed by atoms with van der Waals surface area (Å²) >= 11 is 1.46. The lowest BCUT2D eigenvalue weighted by Crippen LogP contribution is -2.38. The third-order valence-corrected chi connectivity index (χ3v) is 5.95. The van der Waals surface area contributed by atoms with Crippen molar-refractivity contribution >= 4 is 17.7 Å². The van der Waals surface area contributed by atoms with Gasteiger partial charge in [0, 0.05) is 6.54 Å². The summed E-state index contributed by atoms with van der Waals surface area (Å²) in [7, 11) is 0. The molecular weight excluding hydrogens is 361 g/mol. The van der Waals surface area contributed by atoms with E-state index in [0.717, 1.165) is 18.7 Å². The lowest BCUT2D eigenvalue weighted by molar-refractivity contribution is -0.146. The van der Waals surface area contributed by atoms with Crippen molar-refractivity contribution in [3.8, 4) is 0 Å². The summed E-state index contributed by atoms with van der Waals surface area (Å²) in [6, 6.07) is 15.8. The number of rotatable bonds is 10. The van der Waals surface area contributed by atoms with Crippen molar-refractivity contribution in [2.24, 2.45) is 0 Å². The molecule has 5 heteroatoms. The minimum Gasteiger partial charge on any atom is -0.463 e. The van der Waals surface area contributed by atoms with Crippen LogP contribution in [0.3, 0.4) is 0 Å². The Kier molecular flexibility index (Phi) is 8.32. The van der Waals surface area contributed by atoms with Gasteiger partial charge in [0.2, 0.25) is 0 Å². The Balaban J connectivity index is 2.40. The van der Waals surface area contributed by atoms with Crippen molar-refractivity contribution in [3.05, 3.63) is 71.5 Å². The summed E-state index contributed by atoms with van der Waals surface area (Å²) in [5.74, 6) is -0.0185. The van der Waals surface area contributed by atoms with Crippen LogP contribution in [0.15, 0.2) is 54.6 Å². The van der Waals surface area contributed by atoms with Gasteiger partial charge in [0.1, 0.15) is 12.4 Å². The standard InChI is InChI=1S/C22H28FNO2S/c1-4-24(5-2)15-16-26-21(25)22(27-6-3,18-11-8-7-9-12-18)19-13-10-14-20(23)17-19/h7-14,17H,4-6,15-16H2,1-3H3. The van der Waals surface area contributed by atoms with E-state index in [9.17, 15) is 9.18 Å². The third-order valence-electron chi connectivity index (χ3n) is 4.59. The van der Waals surface area contributed by atoms with Gasteiger partial charge in [0.15, 0.2) is 4.75 Å². The number of nitrogens with zero attached hydrogens (tertiary/aromatic N) is 1. The first kappa shape index (κ1) is 21.5. The molecule has 0 spiro atoms. The average molecular weight is 390 g/mol. The van der Waals surface area contributed by atoms with Crippen LogP contribution in [0.1, 0.15) is 31.9 Å². The Bertz CT molecular complexity index is 721. The van der Waals surface area contributed by atoms with Gasteiger partial charge in [0.05, 0.1) is 0 Å². The van der Waals surface area contributed by atoms with E-state index in [4.69, 9.17) is 4.74 Å². The maximum atomic E-state index is 14.0. The lowest BCUT2D eigenvalue weighted by Gasteiger charge is -2.32. The summed E-state index contributed by atoms with van der Waals surface area (Å²) in [6.45, 7) is 8.97. The van der Waals surface area contributed by atoms with Gasteiger partial charge in [-0.25, -0.2) is 9.18 Å². The molecule has 2 rings (SSSR count). The van der Waals surface area contributed by atoms with Gasteiger partial charge in [-0.1, -0.05) is 63.2 Å². The first-order valence-corrected chi connectivity index (χ1v) is 10.4. The van der Waals surface area contributed by atoms with E-state index in [2.05, 4.69) is 18.7 Å². The highest BCUT2D eigenvalue weighted by molar-refractivity contribution is 8.01. The zero-order valence-electron chi connectivity index (χ0n) is 16.3. The number of thioether (sulfide) groups is 1. The van der Waals surface area contributed by atoms with Crippen LogP contribution in [0, 0.1) is 5.82 Å². The van der Waals surface area contributed by atoms with Crippen LogP contribution < -0.4 is 0 Å². The SMILES string of the molecule is CCSC(C(=O)OCCN(CC)CC)(c1ccccc1)c1cccc(F)c1. The maximum Gasteiger partial charge on any atom is 0.331 e. The number of carbonyl (C=O) groups is 1. The van der Waals surface area contributed by atoms with E-state index in [1.807, 2.05) is 37.3 Å². The Labute approximate surface area is 165 Å². The quantitative estimate of drug-likeness (QED) is 0.551. The molecule has 0 aliphatic carbocycles. The van der Waals surface area contributed by atoms with Gasteiger partial charge in [-0.05, 0) is 42.1 Å². The molecule has 0 bridgehead atoms. The second kappa shape index (κ2) is 10.5. The van der Waals surface area contributed by atoms with E-state index < -0.39 is 4.75 Å². The molecule has 0 saturated carbocycles. The van der Waals surface area contributed by atoms with Gasteiger partial charge in [-0.2, -0.15) is 0 Å². The maximum absolute atomic E-state index is 14.0. The van der Waals surface area contributed by atoms with E-state index in [1.165, 1.54) is 23.9 Å². The molecule has 0 saturated heterocycles. The second-order valence-electron chi connectivity index (χ2n) is 6.15. The Morgan fingerprint density at radius 3 is 2.30 bits per heavy atom. The average Bonchev–Trinajstić information content (AvgIpc) is 2.70. The second-order valence-corrected chi connectivity index (χ2v) is 7.63. The zero-order chi connectivity index (χ0) is 19.7. The number of esters is 1. The third kappa shape index (κ3) is 5.11. The van der Waals surface area contributed by atoms with Crippen LogP contribution in [0.2, 0.25) is 0 Å². The largest absolute Gasteiger partial charge is 0.463 e. The van der Waals surface area contributed by atoms with Gasteiger partial charge in [-0.15, -0.1) is 11.8 Å². The number of carbonyl (C=O) groups excluding carboxylic acids is 1. The number of likely N-dealkylation sites (N-methyl/N-ethyl adjacent to an activating group) is 1. The summed E-state index contributed by atoms with van der Waals surface area (Å²) in [4.78, 5) is 15.5. The number of hydrogen-bond donors (Lipinski definition) is 0. The minimum atomic E-state index is -1.08. The normalized spacial score (nSPS) is 13.4. The van der Waals surface area contributed by atoms with Crippen molar-refractivity contribution in [1.29, 1.82) is 0 Å². The van der Waals surface area contributed by atoms with E-state index in [-0.39, 0.29) is 11.8 Å². The molecule has 0 heterocycles. The Hall–Kier alpha value is -1.85. The molecule has 146 valence electrons. The molecule has 2 aromatic rings. The van der Waals surface area contributed by atoms with Crippen LogP contribution in [0.25, 0.3) is 0 Å². The van der Waals surface area contributed by atoms with Crippen molar-refractivity contribution in [2.45, 2.75) is 25.5 Å². The highest BCUT2D eigenvalue weighted by Gasteiger charge is 2.44. The number of ether oxygens (including phenoxy) is 1. The van der Waals surface area contributed by atoms with Crippen LogP contribution in [-0.2, 0) is 14.3 Å². The monoisotopic (exact) mass is 389 g/mol. The zero-order valence-corrected chi connectivity index (χ0v) is 17.1. The van der Waals surface area contributed by atoms with Crippen molar-refractivity contribution < 1.29 is 13.9 Å². The van der Waals surface area contributed by atoms with Crippen LogP contribution in [0.5, 0.6) is 0 Å². The highest BCUT2D eigenvalue weighted by Crippen LogP contribution is 2.44. The van der Waals surface area contributed by atoms with Gasteiger partial charge < -0.3 is 9.64 Å². The smallest absolute Gasteiger partial charge is 0.331 e. The predicted molar refractivity (Wildman–Crippen MR) is 111 cm³/mol. The van der Waals surface area contributed by atoms with Crippen molar-refractivity contribution in [1.82, 2.24) is 4.90 Å². The van der Waals surface area contributed by atoms with Gasteiger partial charge in [-0.3, -0.25) is 0 Å².